The summed E-state index contributed by atoms with van der Waals surface area (Å²) in [6, 6.07) is 7.22. The maximum Gasteiger partial charge on any atom is 0.325 e. The third-order valence-corrected chi connectivity index (χ3v) is 3.26. The largest absolute Gasteiger partial charge is 0.454 e. The molecule has 0 saturated heterocycles. The van der Waals surface area contributed by atoms with Crippen LogP contribution in [0, 0.1) is 0 Å². The Labute approximate surface area is 136 Å². The zero-order valence-electron chi connectivity index (χ0n) is 14.3. The highest BCUT2D eigenvalue weighted by Crippen LogP contribution is 2.22. The standard InChI is InChI=1S/C17H24N2O4/c1-17(2,3)13-8-6-12(7-9-13)16(22)18-10-15(21)23-11-14(20)19(4)5/h6-9H,10-11H2,1-5H3,(H,18,22). The molecule has 0 radical (unpaired) electrons. The van der Waals surface area contributed by atoms with E-state index in [-0.39, 0.29) is 30.4 Å². The number of hydrogen-bond acceptors (Lipinski definition) is 4. The molecular weight excluding hydrogens is 296 g/mol. The van der Waals surface area contributed by atoms with Crippen molar-refractivity contribution >= 4 is 17.8 Å². The molecule has 0 bridgehead atoms. The lowest BCUT2D eigenvalue weighted by atomic mass is 9.87. The highest BCUT2D eigenvalue weighted by molar-refractivity contribution is 5.96. The Bertz CT molecular complexity index is 571. The van der Waals surface area contributed by atoms with E-state index in [4.69, 9.17) is 4.74 Å². The molecule has 0 aliphatic heterocycles. The van der Waals surface area contributed by atoms with E-state index >= 15 is 0 Å². The van der Waals surface area contributed by atoms with Gasteiger partial charge >= 0.3 is 5.97 Å². The number of benzene rings is 1. The molecule has 6 nitrogen and oxygen atoms in total. The van der Waals surface area contributed by atoms with Gasteiger partial charge in [-0.15, -0.1) is 0 Å². The first-order chi connectivity index (χ1) is 10.6. The van der Waals surface area contributed by atoms with Crippen LogP contribution >= 0.6 is 0 Å². The summed E-state index contributed by atoms with van der Waals surface area (Å²) in [4.78, 5) is 36.0. The van der Waals surface area contributed by atoms with Gasteiger partial charge in [0.05, 0.1) is 0 Å². The SMILES string of the molecule is CN(C)C(=O)COC(=O)CNC(=O)c1ccc(C(C)(C)C)cc1. The number of carbonyl (C=O) groups is 3. The first-order valence-corrected chi connectivity index (χ1v) is 7.36. The highest BCUT2D eigenvalue weighted by atomic mass is 16.5. The van der Waals surface area contributed by atoms with E-state index in [1.54, 1.807) is 26.2 Å². The number of nitrogens with zero attached hydrogens (tertiary/aromatic N) is 1. The van der Waals surface area contributed by atoms with E-state index in [0.717, 1.165) is 5.56 Å². The molecule has 0 aromatic heterocycles. The minimum Gasteiger partial charge on any atom is -0.454 e. The fourth-order valence-corrected chi connectivity index (χ4v) is 1.70. The number of esters is 1. The lowest BCUT2D eigenvalue weighted by Gasteiger charge is -2.19. The van der Waals surface area contributed by atoms with Gasteiger partial charge < -0.3 is 15.0 Å². The average Bonchev–Trinajstić information content (AvgIpc) is 2.49. The Hall–Kier alpha value is -2.37. The number of likely N-dealkylation sites (N-methyl/N-ethyl adjacent to an activating group) is 1. The molecule has 0 saturated carbocycles. The van der Waals surface area contributed by atoms with Gasteiger partial charge in [-0.25, -0.2) is 0 Å². The number of rotatable bonds is 5. The summed E-state index contributed by atoms with van der Waals surface area (Å²) in [5.41, 5.74) is 1.60. The molecule has 1 aromatic carbocycles. The lowest BCUT2D eigenvalue weighted by Crippen LogP contribution is -2.33. The predicted octanol–water partition coefficient (Wildman–Crippen LogP) is 1.35. The van der Waals surface area contributed by atoms with E-state index < -0.39 is 5.97 Å². The molecule has 0 spiro atoms. The van der Waals surface area contributed by atoms with Crippen LogP contribution in [0.15, 0.2) is 24.3 Å². The van der Waals surface area contributed by atoms with Crippen molar-refractivity contribution in [1.82, 2.24) is 10.2 Å². The third-order valence-electron chi connectivity index (χ3n) is 3.26. The smallest absolute Gasteiger partial charge is 0.325 e. The molecule has 0 heterocycles. The van der Waals surface area contributed by atoms with Crippen LogP contribution in [0.5, 0.6) is 0 Å². The second kappa shape index (κ2) is 7.76. The summed E-state index contributed by atoms with van der Waals surface area (Å²) in [6.45, 7) is 5.66. The molecule has 1 N–H and O–H groups in total. The number of amides is 2. The summed E-state index contributed by atoms with van der Waals surface area (Å²) < 4.78 is 4.77. The quantitative estimate of drug-likeness (QED) is 0.831. The topological polar surface area (TPSA) is 75.7 Å². The van der Waals surface area contributed by atoms with E-state index in [9.17, 15) is 14.4 Å². The maximum atomic E-state index is 12.0. The number of hydrogen-bond donors (Lipinski definition) is 1. The fourth-order valence-electron chi connectivity index (χ4n) is 1.70. The maximum absolute atomic E-state index is 12.0. The van der Waals surface area contributed by atoms with Crippen LogP contribution in [-0.2, 0) is 19.7 Å². The van der Waals surface area contributed by atoms with Crippen molar-refractivity contribution in [2.45, 2.75) is 26.2 Å². The van der Waals surface area contributed by atoms with Gasteiger partial charge in [-0.3, -0.25) is 14.4 Å². The Balaban J connectivity index is 2.47. The second-order valence-electron chi connectivity index (χ2n) is 6.46. The molecule has 6 heteroatoms. The molecule has 126 valence electrons. The predicted molar refractivity (Wildman–Crippen MR) is 87.1 cm³/mol. The van der Waals surface area contributed by atoms with Crippen LogP contribution < -0.4 is 5.32 Å². The fraction of sp³-hybridized carbons (Fsp3) is 0.471. The monoisotopic (exact) mass is 320 g/mol. The van der Waals surface area contributed by atoms with Gasteiger partial charge in [-0.1, -0.05) is 32.9 Å². The highest BCUT2D eigenvalue weighted by Gasteiger charge is 2.15. The van der Waals surface area contributed by atoms with Crippen molar-refractivity contribution in [3.8, 4) is 0 Å². The molecule has 0 unspecified atom stereocenters. The summed E-state index contributed by atoms with van der Waals surface area (Å²) in [5, 5.41) is 2.47. The first-order valence-electron chi connectivity index (χ1n) is 7.36. The second-order valence-corrected chi connectivity index (χ2v) is 6.46. The molecular formula is C17H24N2O4. The number of ether oxygens (including phenoxy) is 1. The third kappa shape index (κ3) is 6.10. The number of nitrogens with one attached hydrogen (secondary N) is 1. The zero-order chi connectivity index (χ0) is 17.6. The summed E-state index contributed by atoms with van der Waals surface area (Å²) >= 11 is 0. The molecule has 23 heavy (non-hydrogen) atoms. The van der Waals surface area contributed by atoms with Crippen molar-refractivity contribution in [3.63, 3.8) is 0 Å². The van der Waals surface area contributed by atoms with Gasteiger partial charge in [-0.05, 0) is 23.1 Å². The minimum absolute atomic E-state index is 0.0117. The van der Waals surface area contributed by atoms with Gasteiger partial charge in [-0.2, -0.15) is 0 Å². The van der Waals surface area contributed by atoms with Gasteiger partial charge in [0.2, 0.25) is 0 Å². The van der Waals surface area contributed by atoms with Crippen LogP contribution in [0.1, 0.15) is 36.7 Å². The van der Waals surface area contributed by atoms with Gasteiger partial charge in [0.25, 0.3) is 11.8 Å². The van der Waals surface area contributed by atoms with E-state index in [1.807, 2.05) is 12.1 Å². The van der Waals surface area contributed by atoms with Crippen molar-refractivity contribution in [3.05, 3.63) is 35.4 Å². The molecule has 1 aromatic rings. The zero-order valence-corrected chi connectivity index (χ0v) is 14.3. The normalized spacial score (nSPS) is 10.8. The molecule has 1 rings (SSSR count). The summed E-state index contributed by atoms with van der Waals surface area (Å²) in [5.74, 6) is -1.33. The Morgan fingerprint density at radius 2 is 1.65 bits per heavy atom. The van der Waals surface area contributed by atoms with Crippen LogP contribution in [0.4, 0.5) is 0 Å². The summed E-state index contributed by atoms with van der Waals surface area (Å²) in [6.07, 6.45) is 0. The molecule has 0 fully saturated rings. The van der Waals surface area contributed by atoms with Crippen molar-refractivity contribution in [2.24, 2.45) is 0 Å². The summed E-state index contributed by atoms with van der Waals surface area (Å²) in [7, 11) is 3.14. The molecule has 0 aliphatic rings. The Kier molecular flexibility index (Phi) is 6.30. The van der Waals surface area contributed by atoms with Gasteiger partial charge in [0.1, 0.15) is 6.54 Å². The molecule has 2 amide bonds. The van der Waals surface area contributed by atoms with E-state index in [0.29, 0.717) is 5.56 Å². The van der Waals surface area contributed by atoms with Crippen LogP contribution in [0.3, 0.4) is 0 Å². The van der Waals surface area contributed by atoms with Crippen LogP contribution in [0.25, 0.3) is 0 Å². The lowest BCUT2D eigenvalue weighted by molar-refractivity contribution is -0.150. The van der Waals surface area contributed by atoms with Crippen LogP contribution in [-0.4, -0.2) is 49.9 Å². The molecule has 0 atom stereocenters. The van der Waals surface area contributed by atoms with Gasteiger partial charge in [0.15, 0.2) is 6.61 Å². The van der Waals surface area contributed by atoms with E-state index in [2.05, 4.69) is 26.1 Å². The van der Waals surface area contributed by atoms with Gasteiger partial charge in [0, 0.05) is 19.7 Å². The average molecular weight is 320 g/mol. The molecule has 0 aliphatic carbocycles. The van der Waals surface area contributed by atoms with Crippen molar-refractivity contribution in [1.29, 1.82) is 0 Å². The van der Waals surface area contributed by atoms with Crippen LogP contribution in [0.2, 0.25) is 0 Å². The van der Waals surface area contributed by atoms with Crippen molar-refractivity contribution < 1.29 is 19.1 Å². The Morgan fingerprint density at radius 1 is 1.09 bits per heavy atom. The minimum atomic E-state index is -0.653. The van der Waals surface area contributed by atoms with Crippen molar-refractivity contribution in [2.75, 3.05) is 27.2 Å². The Morgan fingerprint density at radius 3 is 2.13 bits per heavy atom. The first kappa shape index (κ1) is 18.7. The van der Waals surface area contributed by atoms with E-state index in [1.165, 1.54) is 4.90 Å². The number of carbonyl (C=O) groups excluding carboxylic acids is 3.